The van der Waals surface area contributed by atoms with Crippen molar-refractivity contribution >= 4 is 23.0 Å². The van der Waals surface area contributed by atoms with Crippen LogP contribution in [0, 0.1) is 11.3 Å². The number of benzene rings is 1. The van der Waals surface area contributed by atoms with E-state index in [0.717, 1.165) is 10.4 Å². The van der Waals surface area contributed by atoms with E-state index in [9.17, 15) is 5.26 Å². The SMILES string of the molecule is CC(C)(C)c1ccc(/C=C(\C#N)c2nc(-c3cccs3)no2)cc1. The normalized spacial score (nSPS) is 12.2. The summed E-state index contributed by atoms with van der Waals surface area (Å²) in [5.74, 6) is 0.741. The van der Waals surface area contributed by atoms with Crippen LogP contribution in [0.5, 0.6) is 0 Å². The molecule has 0 saturated heterocycles. The Kier molecular flexibility index (Phi) is 4.32. The third-order valence-electron chi connectivity index (χ3n) is 3.61. The molecule has 3 aromatic rings. The Labute approximate surface area is 145 Å². The van der Waals surface area contributed by atoms with Gasteiger partial charge in [0.15, 0.2) is 0 Å². The molecule has 0 aliphatic rings. The summed E-state index contributed by atoms with van der Waals surface area (Å²) in [5.41, 5.74) is 2.63. The fourth-order valence-electron chi connectivity index (χ4n) is 2.23. The highest BCUT2D eigenvalue weighted by Crippen LogP contribution is 2.26. The van der Waals surface area contributed by atoms with Crippen LogP contribution in [-0.4, -0.2) is 10.1 Å². The summed E-state index contributed by atoms with van der Waals surface area (Å²) in [6.45, 7) is 6.51. The minimum absolute atomic E-state index is 0.0996. The minimum atomic E-state index is 0.0996. The van der Waals surface area contributed by atoms with Gasteiger partial charge in [-0.2, -0.15) is 10.2 Å². The van der Waals surface area contributed by atoms with Crippen molar-refractivity contribution in [3.05, 3.63) is 58.8 Å². The number of nitrogens with zero attached hydrogens (tertiary/aromatic N) is 3. The first kappa shape index (κ1) is 16.2. The van der Waals surface area contributed by atoms with Gasteiger partial charge in [0.2, 0.25) is 5.82 Å². The quantitative estimate of drug-likeness (QED) is 0.620. The molecule has 4 nitrogen and oxygen atoms in total. The second kappa shape index (κ2) is 6.42. The Morgan fingerprint density at radius 3 is 2.54 bits per heavy atom. The zero-order valence-electron chi connectivity index (χ0n) is 13.8. The zero-order valence-corrected chi connectivity index (χ0v) is 14.6. The van der Waals surface area contributed by atoms with E-state index in [1.54, 1.807) is 6.08 Å². The number of hydrogen-bond donors (Lipinski definition) is 0. The Hall–Kier alpha value is -2.71. The summed E-state index contributed by atoms with van der Waals surface area (Å²) in [6, 6.07) is 14.1. The lowest BCUT2D eigenvalue weighted by Crippen LogP contribution is -2.10. The molecule has 0 radical (unpaired) electrons. The van der Waals surface area contributed by atoms with E-state index in [1.165, 1.54) is 16.9 Å². The van der Waals surface area contributed by atoms with Gasteiger partial charge in [0.1, 0.15) is 11.6 Å². The zero-order chi connectivity index (χ0) is 17.2. The van der Waals surface area contributed by atoms with Gasteiger partial charge in [0.05, 0.1) is 4.88 Å². The minimum Gasteiger partial charge on any atom is -0.333 e. The second-order valence-electron chi connectivity index (χ2n) is 6.44. The van der Waals surface area contributed by atoms with Crippen molar-refractivity contribution in [2.45, 2.75) is 26.2 Å². The van der Waals surface area contributed by atoms with Gasteiger partial charge >= 0.3 is 0 Å². The lowest BCUT2D eigenvalue weighted by Gasteiger charge is -2.18. The molecule has 0 bridgehead atoms. The van der Waals surface area contributed by atoms with Gasteiger partial charge in [-0.15, -0.1) is 11.3 Å². The molecule has 0 aliphatic carbocycles. The summed E-state index contributed by atoms with van der Waals surface area (Å²) in [5, 5.41) is 15.3. The van der Waals surface area contributed by atoms with Crippen LogP contribution in [0.3, 0.4) is 0 Å². The van der Waals surface area contributed by atoms with Crippen molar-refractivity contribution in [1.82, 2.24) is 10.1 Å². The lowest BCUT2D eigenvalue weighted by molar-refractivity contribution is 0.409. The molecule has 0 aliphatic heterocycles. The van der Waals surface area contributed by atoms with Crippen LogP contribution >= 0.6 is 11.3 Å². The average Bonchev–Trinajstić information content (AvgIpc) is 3.23. The van der Waals surface area contributed by atoms with Gasteiger partial charge in [0.25, 0.3) is 5.89 Å². The molecule has 5 heteroatoms. The van der Waals surface area contributed by atoms with E-state index in [4.69, 9.17) is 4.52 Å². The lowest BCUT2D eigenvalue weighted by atomic mass is 9.86. The Balaban J connectivity index is 1.89. The van der Waals surface area contributed by atoms with Crippen LogP contribution in [-0.2, 0) is 5.41 Å². The molecule has 0 atom stereocenters. The number of thiophene rings is 1. The van der Waals surface area contributed by atoms with Gasteiger partial charge in [0, 0.05) is 0 Å². The van der Waals surface area contributed by atoms with Crippen LogP contribution in [0.2, 0.25) is 0 Å². The van der Waals surface area contributed by atoms with E-state index < -0.39 is 0 Å². The summed E-state index contributed by atoms with van der Waals surface area (Å²) >= 11 is 1.53. The summed E-state index contributed by atoms with van der Waals surface area (Å²) in [6.07, 6.45) is 1.76. The molecule has 1 aromatic carbocycles. The maximum Gasteiger partial charge on any atom is 0.268 e. The third kappa shape index (κ3) is 3.44. The van der Waals surface area contributed by atoms with Crippen molar-refractivity contribution in [3.8, 4) is 16.8 Å². The van der Waals surface area contributed by atoms with E-state index in [1.807, 2.05) is 29.6 Å². The summed E-state index contributed by atoms with van der Waals surface area (Å²) in [4.78, 5) is 5.23. The number of allylic oxidation sites excluding steroid dienone is 1. The molecule has 0 spiro atoms. The molecule has 0 fully saturated rings. The van der Waals surface area contributed by atoms with Gasteiger partial charge < -0.3 is 4.52 Å². The Morgan fingerprint density at radius 1 is 1.21 bits per heavy atom. The van der Waals surface area contributed by atoms with Gasteiger partial charge in [-0.3, -0.25) is 0 Å². The smallest absolute Gasteiger partial charge is 0.268 e. The molecule has 0 amide bonds. The third-order valence-corrected chi connectivity index (χ3v) is 4.47. The van der Waals surface area contributed by atoms with Crippen molar-refractivity contribution in [2.75, 3.05) is 0 Å². The molecule has 0 saturated carbocycles. The van der Waals surface area contributed by atoms with Crippen molar-refractivity contribution < 1.29 is 4.52 Å². The maximum atomic E-state index is 9.42. The predicted molar refractivity (Wildman–Crippen MR) is 96.2 cm³/mol. The van der Waals surface area contributed by atoms with Crippen LogP contribution in [0.4, 0.5) is 0 Å². The fraction of sp³-hybridized carbons (Fsp3) is 0.211. The molecular formula is C19H17N3OS. The van der Waals surface area contributed by atoms with Gasteiger partial charge in [-0.1, -0.05) is 56.3 Å². The molecule has 3 rings (SSSR count). The standard InChI is InChI=1S/C19H17N3OS/c1-19(2,3)15-8-6-13(7-9-15)11-14(12-20)18-21-17(22-23-18)16-5-4-10-24-16/h4-11H,1-3H3/b14-11+. The summed E-state index contributed by atoms with van der Waals surface area (Å²) < 4.78 is 5.25. The van der Waals surface area contributed by atoms with Crippen LogP contribution in [0.25, 0.3) is 22.4 Å². The van der Waals surface area contributed by atoms with Crippen molar-refractivity contribution in [1.29, 1.82) is 5.26 Å². The van der Waals surface area contributed by atoms with E-state index in [2.05, 4.69) is 49.1 Å². The Morgan fingerprint density at radius 2 is 1.96 bits per heavy atom. The molecule has 120 valence electrons. The molecular weight excluding hydrogens is 318 g/mol. The van der Waals surface area contributed by atoms with Crippen LogP contribution in [0.15, 0.2) is 46.3 Å². The van der Waals surface area contributed by atoms with Crippen LogP contribution < -0.4 is 0 Å². The average molecular weight is 335 g/mol. The molecule has 24 heavy (non-hydrogen) atoms. The van der Waals surface area contributed by atoms with Gasteiger partial charge in [-0.05, 0) is 34.1 Å². The second-order valence-corrected chi connectivity index (χ2v) is 7.39. The highest BCUT2D eigenvalue weighted by molar-refractivity contribution is 7.13. The van der Waals surface area contributed by atoms with Crippen LogP contribution in [0.1, 0.15) is 37.8 Å². The topological polar surface area (TPSA) is 62.7 Å². The number of nitriles is 1. The predicted octanol–water partition coefficient (Wildman–Crippen LogP) is 5.16. The molecule has 2 aromatic heterocycles. The highest BCUT2D eigenvalue weighted by atomic mass is 32.1. The fourth-order valence-corrected chi connectivity index (χ4v) is 2.88. The van der Waals surface area contributed by atoms with E-state index >= 15 is 0 Å². The summed E-state index contributed by atoms with van der Waals surface area (Å²) in [7, 11) is 0. The first-order valence-corrected chi connectivity index (χ1v) is 8.45. The molecule has 2 heterocycles. The monoisotopic (exact) mass is 335 g/mol. The van der Waals surface area contributed by atoms with E-state index in [-0.39, 0.29) is 11.3 Å². The van der Waals surface area contributed by atoms with Crippen molar-refractivity contribution in [3.63, 3.8) is 0 Å². The Bertz CT molecular complexity index is 891. The number of aromatic nitrogens is 2. The first-order valence-electron chi connectivity index (χ1n) is 7.58. The van der Waals surface area contributed by atoms with E-state index in [0.29, 0.717) is 11.4 Å². The molecule has 0 N–H and O–H groups in total. The number of hydrogen-bond acceptors (Lipinski definition) is 5. The highest BCUT2D eigenvalue weighted by Gasteiger charge is 2.15. The van der Waals surface area contributed by atoms with Crippen molar-refractivity contribution in [2.24, 2.45) is 0 Å². The number of rotatable bonds is 3. The van der Waals surface area contributed by atoms with Gasteiger partial charge in [-0.25, -0.2) is 0 Å². The molecule has 0 unspecified atom stereocenters. The maximum absolute atomic E-state index is 9.42. The largest absolute Gasteiger partial charge is 0.333 e. The first-order chi connectivity index (χ1) is 11.5.